The monoisotopic (exact) mass is 239 g/mol. The fraction of sp³-hybridized carbons (Fsp3) is 0.846. The minimum atomic E-state index is -0.852. The van der Waals surface area contributed by atoms with Gasteiger partial charge >= 0.3 is 5.97 Å². The molecule has 0 aliphatic heterocycles. The minimum Gasteiger partial charge on any atom is -0.481 e. The Hall–Kier alpha value is -1.06. The van der Waals surface area contributed by atoms with Gasteiger partial charge in [0.15, 0.2) is 0 Å². The van der Waals surface area contributed by atoms with Gasteiger partial charge in [-0.3, -0.25) is 9.59 Å². The SMILES string of the molecule is CC1CCCC1NC(=O)C1C(C(=O)O)C1(C)C. The first-order chi connectivity index (χ1) is 7.85. The first-order valence-corrected chi connectivity index (χ1v) is 6.39. The maximum absolute atomic E-state index is 12.1. The van der Waals surface area contributed by atoms with Gasteiger partial charge in [0.2, 0.25) is 5.91 Å². The molecule has 2 N–H and O–H groups in total. The van der Waals surface area contributed by atoms with Crippen LogP contribution in [-0.2, 0) is 9.59 Å². The van der Waals surface area contributed by atoms with Crippen molar-refractivity contribution in [1.29, 1.82) is 0 Å². The van der Waals surface area contributed by atoms with Gasteiger partial charge < -0.3 is 10.4 Å². The van der Waals surface area contributed by atoms with Crippen LogP contribution >= 0.6 is 0 Å². The summed E-state index contributed by atoms with van der Waals surface area (Å²) >= 11 is 0. The first-order valence-electron chi connectivity index (χ1n) is 6.39. The number of nitrogens with one attached hydrogen (secondary N) is 1. The van der Waals surface area contributed by atoms with Crippen molar-refractivity contribution in [2.45, 2.75) is 46.1 Å². The third kappa shape index (κ3) is 2.05. The molecule has 2 aliphatic carbocycles. The van der Waals surface area contributed by atoms with Crippen LogP contribution in [0.2, 0.25) is 0 Å². The molecule has 4 unspecified atom stereocenters. The molecule has 0 bridgehead atoms. The lowest BCUT2D eigenvalue weighted by atomic mass is 10.1. The second-order valence-corrected chi connectivity index (χ2v) is 6.14. The molecule has 1 amide bonds. The Kier molecular flexibility index (Phi) is 2.92. The van der Waals surface area contributed by atoms with Gasteiger partial charge in [0.1, 0.15) is 0 Å². The second-order valence-electron chi connectivity index (χ2n) is 6.14. The molecular weight excluding hydrogens is 218 g/mol. The van der Waals surface area contributed by atoms with Gasteiger partial charge in [-0.25, -0.2) is 0 Å². The van der Waals surface area contributed by atoms with Crippen LogP contribution in [0, 0.1) is 23.2 Å². The van der Waals surface area contributed by atoms with E-state index in [0.29, 0.717) is 5.92 Å². The Bertz CT molecular complexity index is 351. The van der Waals surface area contributed by atoms with Crippen molar-refractivity contribution in [3.8, 4) is 0 Å². The Morgan fingerprint density at radius 1 is 1.24 bits per heavy atom. The predicted octanol–water partition coefficient (Wildman–Crippen LogP) is 1.65. The molecule has 2 aliphatic rings. The summed E-state index contributed by atoms with van der Waals surface area (Å²) in [6.45, 7) is 5.85. The lowest BCUT2D eigenvalue weighted by Crippen LogP contribution is -2.38. The van der Waals surface area contributed by atoms with E-state index in [-0.39, 0.29) is 17.9 Å². The zero-order chi connectivity index (χ0) is 12.8. The topological polar surface area (TPSA) is 66.4 Å². The van der Waals surface area contributed by atoms with E-state index >= 15 is 0 Å². The molecule has 0 aromatic heterocycles. The van der Waals surface area contributed by atoms with E-state index in [4.69, 9.17) is 5.11 Å². The van der Waals surface area contributed by atoms with Crippen molar-refractivity contribution in [2.75, 3.05) is 0 Å². The van der Waals surface area contributed by atoms with Crippen molar-refractivity contribution >= 4 is 11.9 Å². The number of carboxylic acid groups (broad SMARTS) is 1. The zero-order valence-corrected chi connectivity index (χ0v) is 10.7. The summed E-state index contributed by atoms with van der Waals surface area (Å²) in [5.74, 6) is -1.27. The first kappa shape index (κ1) is 12.4. The summed E-state index contributed by atoms with van der Waals surface area (Å²) in [6, 6.07) is 0.244. The van der Waals surface area contributed by atoms with Crippen LogP contribution in [0.25, 0.3) is 0 Å². The fourth-order valence-electron chi connectivity index (χ4n) is 3.22. The normalized spacial score (nSPS) is 38.8. The van der Waals surface area contributed by atoms with Crippen LogP contribution in [-0.4, -0.2) is 23.0 Å². The van der Waals surface area contributed by atoms with Gasteiger partial charge in [-0.15, -0.1) is 0 Å². The van der Waals surface area contributed by atoms with Crippen molar-refractivity contribution < 1.29 is 14.7 Å². The zero-order valence-electron chi connectivity index (χ0n) is 10.7. The van der Waals surface area contributed by atoms with Crippen molar-refractivity contribution in [3.05, 3.63) is 0 Å². The highest BCUT2D eigenvalue weighted by molar-refractivity contribution is 5.91. The number of carbonyl (C=O) groups excluding carboxylic acids is 1. The molecule has 0 spiro atoms. The molecule has 4 atom stereocenters. The van der Waals surface area contributed by atoms with Gasteiger partial charge in [0.05, 0.1) is 11.8 Å². The largest absolute Gasteiger partial charge is 0.481 e. The molecule has 0 radical (unpaired) electrons. The highest BCUT2D eigenvalue weighted by Crippen LogP contribution is 2.58. The second kappa shape index (κ2) is 4.00. The average Bonchev–Trinajstić information content (AvgIpc) is 2.58. The van der Waals surface area contributed by atoms with Gasteiger partial charge in [0, 0.05) is 6.04 Å². The molecule has 0 aromatic rings. The van der Waals surface area contributed by atoms with E-state index in [2.05, 4.69) is 12.2 Å². The quantitative estimate of drug-likeness (QED) is 0.787. The van der Waals surface area contributed by atoms with Gasteiger partial charge in [-0.05, 0) is 24.2 Å². The molecule has 96 valence electrons. The van der Waals surface area contributed by atoms with Crippen LogP contribution in [0.1, 0.15) is 40.0 Å². The third-order valence-electron chi connectivity index (χ3n) is 4.57. The number of carboxylic acids is 1. The Balaban J connectivity index is 1.96. The van der Waals surface area contributed by atoms with Crippen molar-refractivity contribution in [2.24, 2.45) is 23.2 Å². The molecule has 0 heterocycles. The summed E-state index contributed by atoms with van der Waals surface area (Å²) in [4.78, 5) is 23.1. The molecule has 0 aromatic carbocycles. The molecule has 2 rings (SSSR count). The van der Waals surface area contributed by atoms with E-state index in [1.54, 1.807) is 0 Å². The Morgan fingerprint density at radius 2 is 1.88 bits per heavy atom. The minimum absolute atomic E-state index is 0.0684. The summed E-state index contributed by atoms with van der Waals surface area (Å²) in [7, 11) is 0. The highest BCUT2D eigenvalue weighted by Gasteiger charge is 2.66. The number of hydrogen-bond acceptors (Lipinski definition) is 2. The summed E-state index contributed by atoms with van der Waals surface area (Å²) in [5.41, 5.74) is -0.391. The maximum Gasteiger partial charge on any atom is 0.307 e. The third-order valence-corrected chi connectivity index (χ3v) is 4.57. The van der Waals surface area contributed by atoms with Crippen molar-refractivity contribution in [1.82, 2.24) is 5.32 Å². The van der Waals surface area contributed by atoms with Crippen LogP contribution in [0.4, 0.5) is 0 Å². The maximum atomic E-state index is 12.1. The molecule has 4 heteroatoms. The van der Waals surface area contributed by atoms with E-state index in [1.807, 2.05) is 13.8 Å². The van der Waals surface area contributed by atoms with E-state index in [0.717, 1.165) is 19.3 Å². The van der Waals surface area contributed by atoms with Gasteiger partial charge in [0.25, 0.3) is 0 Å². The van der Waals surface area contributed by atoms with Crippen LogP contribution in [0.5, 0.6) is 0 Å². The fourth-order valence-corrected chi connectivity index (χ4v) is 3.22. The number of rotatable bonds is 3. The highest BCUT2D eigenvalue weighted by atomic mass is 16.4. The lowest BCUT2D eigenvalue weighted by Gasteiger charge is -2.17. The van der Waals surface area contributed by atoms with E-state index < -0.39 is 17.3 Å². The number of hydrogen-bond donors (Lipinski definition) is 2. The average molecular weight is 239 g/mol. The number of carbonyl (C=O) groups is 2. The molecule has 4 nitrogen and oxygen atoms in total. The Labute approximate surface area is 102 Å². The van der Waals surface area contributed by atoms with Crippen LogP contribution in [0.15, 0.2) is 0 Å². The summed E-state index contributed by atoms with van der Waals surface area (Å²) in [5, 5.41) is 12.1. The molecule has 17 heavy (non-hydrogen) atoms. The van der Waals surface area contributed by atoms with Gasteiger partial charge in [-0.2, -0.15) is 0 Å². The molecule has 2 saturated carbocycles. The van der Waals surface area contributed by atoms with Crippen LogP contribution in [0.3, 0.4) is 0 Å². The Morgan fingerprint density at radius 3 is 2.29 bits per heavy atom. The number of aliphatic carboxylic acids is 1. The van der Waals surface area contributed by atoms with E-state index in [9.17, 15) is 9.59 Å². The molecular formula is C13H21NO3. The van der Waals surface area contributed by atoms with Crippen LogP contribution < -0.4 is 5.32 Å². The lowest BCUT2D eigenvalue weighted by molar-refractivity contribution is -0.140. The summed E-state index contributed by atoms with van der Waals surface area (Å²) in [6.07, 6.45) is 3.34. The molecule has 0 saturated heterocycles. The summed E-state index contributed by atoms with van der Waals surface area (Å²) < 4.78 is 0. The standard InChI is InChI=1S/C13H21NO3/c1-7-5-4-6-8(7)14-11(15)9-10(12(16)17)13(9,2)3/h7-10H,4-6H2,1-3H3,(H,14,15)(H,16,17). The van der Waals surface area contributed by atoms with Crippen molar-refractivity contribution in [3.63, 3.8) is 0 Å². The molecule has 2 fully saturated rings. The van der Waals surface area contributed by atoms with E-state index in [1.165, 1.54) is 0 Å². The van der Waals surface area contributed by atoms with Gasteiger partial charge in [-0.1, -0.05) is 27.2 Å². The smallest absolute Gasteiger partial charge is 0.307 e. The number of amides is 1. The predicted molar refractivity (Wildman–Crippen MR) is 63.3 cm³/mol.